The molecular formula is C15H23Cl2FN2O. The van der Waals surface area contributed by atoms with E-state index in [0.29, 0.717) is 11.7 Å². The first-order valence-electron chi connectivity index (χ1n) is 7.08. The maximum Gasteiger partial charge on any atom is 0.169 e. The topological polar surface area (TPSA) is 24.5 Å². The lowest BCUT2D eigenvalue weighted by Gasteiger charge is -2.35. The third-order valence-electron chi connectivity index (χ3n) is 4.15. The lowest BCUT2D eigenvalue weighted by Crippen LogP contribution is -2.45. The summed E-state index contributed by atoms with van der Waals surface area (Å²) in [4.78, 5) is 2.42. The highest BCUT2D eigenvalue weighted by molar-refractivity contribution is 5.85. The van der Waals surface area contributed by atoms with Gasteiger partial charge in [-0.05, 0) is 24.8 Å². The monoisotopic (exact) mass is 336 g/mol. The Balaban J connectivity index is 0.00000110. The molecule has 3 nitrogen and oxygen atoms in total. The minimum absolute atomic E-state index is 0. The van der Waals surface area contributed by atoms with Gasteiger partial charge in [-0.3, -0.25) is 4.90 Å². The molecule has 1 saturated carbocycles. The Bertz CT molecular complexity index is 451. The Hall–Kier alpha value is -0.550. The maximum absolute atomic E-state index is 14.5. The lowest BCUT2D eigenvalue weighted by molar-refractivity contribution is 0.152. The molecule has 1 aliphatic heterocycles. The number of nitrogens with one attached hydrogen (secondary N) is 1. The minimum Gasteiger partial charge on any atom is -0.494 e. The zero-order chi connectivity index (χ0) is 13.2. The predicted octanol–water partition coefficient (Wildman–Crippen LogP) is 3.03. The van der Waals surface area contributed by atoms with Crippen LogP contribution in [-0.4, -0.2) is 38.2 Å². The summed E-state index contributed by atoms with van der Waals surface area (Å²) < 4.78 is 19.6. The highest BCUT2D eigenvalue weighted by atomic mass is 35.5. The van der Waals surface area contributed by atoms with Crippen LogP contribution in [0.2, 0.25) is 0 Å². The molecular weight excluding hydrogens is 314 g/mol. The molecule has 0 unspecified atom stereocenters. The Morgan fingerprint density at radius 3 is 2.48 bits per heavy atom. The van der Waals surface area contributed by atoms with Gasteiger partial charge in [0.1, 0.15) is 0 Å². The van der Waals surface area contributed by atoms with Gasteiger partial charge in [0.2, 0.25) is 0 Å². The molecule has 1 atom stereocenters. The fourth-order valence-electron chi connectivity index (χ4n) is 3.03. The van der Waals surface area contributed by atoms with E-state index in [0.717, 1.165) is 31.7 Å². The van der Waals surface area contributed by atoms with Crippen molar-refractivity contribution in [2.45, 2.75) is 18.9 Å². The predicted molar refractivity (Wildman–Crippen MR) is 87.4 cm³/mol. The third kappa shape index (κ3) is 4.01. The van der Waals surface area contributed by atoms with Crippen molar-refractivity contribution >= 4 is 24.8 Å². The second-order valence-electron chi connectivity index (χ2n) is 5.43. The summed E-state index contributed by atoms with van der Waals surface area (Å²) in [5.74, 6) is 0.790. The van der Waals surface area contributed by atoms with Gasteiger partial charge in [-0.1, -0.05) is 12.1 Å². The van der Waals surface area contributed by atoms with E-state index < -0.39 is 0 Å². The van der Waals surface area contributed by atoms with Crippen LogP contribution in [0.5, 0.6) is 5.75 Å². The molecule has 0 amide bonds. The zero-order valence-corrected chi connectivity index (χ0v) is 13.8. The fraction of sp³-hybridized carbons (Fsp3) is 0.600. The molecule has 0 spiro atoms. The van der Waals surface area contributed by atoms with Gasteiger partial charge in [-0.2, -0.15) is 0 Å². The van der Waals surface area contributed by atoms with Crippen molar-refractivity contribution < 1.29 is 9.13 Å². The first-order valence-corrected chi connectivity index (χ1v) is 7.08. The SMILES string of the molecule is COc1cccc([C@@H](C2CC2)N2CCNCC2)c1F.Cl.Cl. The summed E-state index contributed by atoms with van der Waals surface area (Å²) in [6, 6.07) is 5.73. The smallest absolute Gasteiger partial charge is 0.169 e. The Labute approximate surface area is 138 Å². The van der Waals surface area contributed by atoms with E-state index in [-0.39, 0.29) is 36.7 Å². The van der Waals surface area contributed by atoms with Crippen LogP contribution in [0, 0.1) is 11.7 Å². The van der Waals surface area contributed by atoms with Crippen LogP contribution in [0.4, 0.5) is 4.39 Å². The van der Waals surface area contributed by atoms with E-state index in [1.807, 2.05) is 12.1 Å². The van der Waals surface area contributed by atoms with E-state index in [9.17, 15) is 4.39 Å². The van der Waals surface area contributed by atoms with Gasteiger partial charge in [0.05, 0.1) is 7.11 Å². The quantitative estimate of drug-likeness (QED) is 0.914. The second kappa shape index (κ2) is 8.18. The van der Waals surface area contributed by atoms with Gasteiger partial charge in [0, 0.05) is 37.8 Å². The van der Waals surface area contributed by atoms with Crippen LogP contribution >= 0.6 is 24.8 Å². The number of piperazine rings is 1. The number of rotatable bonds is 4. The number of methoxy groups -OCH3 is 1. The van der Waals surface area contributed by atoms with Gasteiger partial charge in [-0.25, -0.2) is 4.39 Å². The average molecular weight is 337 g/mol. The molecule has 1 aliphatic carbocycles. The molecule has 6 heteroatoms. The maximum atomic E-state index is 14.5. The summed E-state index contributed by atoms with van der Waals surface area (Å²) in [7, 11) is 1.53. The summed E-state index contributed by atoms with van der Waals surface area (Å²) in [5, 5.41) is 3.36. The van der Waals surface area contributed by atoms with Crippen molar-refractivity contribution in [2.75, 3.05) is 33.3 Å². The lowest BCUT2D eigenvalue weighted by atomic mass is 9.99. The van der Waals surface area contributed by atoms with Crippen molar-refractivity contribution in [1.82, 2.24) is 10.2 Å². The highest BCUT2D eigenvalue weighted by Crippen LogP contribution is 2.46. The molecule has 1 N–H and O–H groups in total. The summed E-state index contributed by atoms with van der Waals surface area (Å²) >= 11 is 0. The number of benzene rings is 1. The van der Waals surface area contributed by atoms with Gasteiger partial charge in [0.15, 0.2) is 11.6 Å². The van der Waals surface area contributed by atoms with Crippen LogP contribution in [0.1, 0.15) is 24.4 Å². The molecule has 1 saturated heterocycles. The minimum atomic E-state index is -0.180. The normalized spacial score (nSPS) is 20.1. The first kappa shape index (κ1) is 18.5. The zero-order valence-electron chi connectivity index (χ0n) is 12.2. The second-order valence-corrected chi connectivity index (χ2v) is 5.43. The van der Waals surface area contributed by atoms with E-state index in [4.69, 9.17) is 4.74 Å². The number of hydrogen-bond acceptors (Lipinski definition) is 3. The summed E-state index contributed by atoms with van der Waals surface area (Å²) in [6.07, 6.45) is 2.43. The van der Waals surface area contributed by atoms with E-state index in [2.05, 4.69) is 10.2 Å². The number of nitrogens with zero attached hydrogens (tertiary/aromatic N) is 1. The standard InChI is InChI=1S/C15H21FN2O.2ClH/c1-19-13-4-2-3-12(14(13)16)15(11-5-6-11)18-9-7-17-8-10-18;;/h2-4,11,15,17H,5-10H2,1H3;2*1H/t15-;;/m1../s1. The summed E-state index contributed by atoms with van der Waals surface area (Å²) in [6.45, 7) is 3.99. The molecule has 0 aromatic heterocycles. The van der Waals surface area contributed by atoms with E-state index >= 15 is 0 Å². The number of hydrogen-bond donors (Lipinski definition) is 1. The van der Waals surface area contributed by atoms with E-state index in [1.165, 1.54) is 20.0 Å². The van der Waals surface area contributed by atoms with Crippen molar-refractivity contribution in [3.8, 4) is 5.75 Å². The molecule has 120 valence electrons. The van der Waals surface area contributed by atoms with Crippen LogP contribution in [-0.2, 0) is 0 Å². The highest BCUT2D eigenvalue weighted by Gasteiger charge is 2.38. The molecule has 1 aromatic carbocycles. The number of halogens is 3. The molecule has 3 rings (SSSR count). The van der Waals surface area contributed by atoms with E-state index in [1.54, 1.807) is 6.07 Å². The van der Waals surface area contributed by atoms with Crippen LogP contribution in [0.25, 0.3) is 0 Å². The van der Waals surface area contributed by atoms with Crippen molar-refractivity contribution in [3.05, 3.63) is 29.6 Å². The van der Waals surface area contributed by atoms with Crippen LogP contribution in [0.3, 0.4) is 0 Å². The average Bonchev–Trinajstić information content (AvgIpc) is 3.27. The molecule has 2 aliphatic rings. The van der Waals surface area contributed by atoms with Gasteiger partial charge in [-0.15, -0.1) is 24.8 Å². The first-order chi connectivity index (χ1) is 9.31. The number of ether oxygens (including phenoxy) is 1. The molecule has 1 heterocycles. The molecule has 21 heavy (non-hydrogen) atoms. The van der Waals surface area contributed by atoms with Crippen molar-refractivity contribution in [3.63, 3.8) is 0 Å². The van der Waals surface area contributed by atoms with Crippen molar-refractivity contribution in [2.24, 2.45) is 5.92 Å². The van der Waals surface area contributed by atoms with Crippen LogP contribution < -0.4 is 10.1 Å². The molecule has 2 fully saturated rings. The van der Waals surface area contributed by atoms with Crippen molar-refractivity contribution in [1.29, 1.82) is 0 Å². The Morgan fingerprint density at radius 2 is 1.90 bits per heavy atom. The fourth-order valence-corrected chi connectivity index (χ4v) is 3.03. The van der Waals surface area contributed by atoms with Gasteiger partial charge in [0.25, 0.3) is 0 Å². The largest absolute Gasteiger partial charge is 0.494 e. The molecule has 0 bridgehead atoms. The Morgan fingerprint density at radius 1 is 1.24 bits per heavy atom. The molecule has 0 radical (unpaired) electrons. The van der Waals surface area contributed by atoms with Crippen LogP contribution in [0.15, 0.2) is 18.2 Å². The Kier molecular flexibility index (Phi) is 7.21. The van der Waals surface area contributed by atoms with Gasteiger partial charge < -0.3 is 10.1 Å². The summed E-state index contributed by atoms with van der Waals surface area (Å²) in [5.41, 5.74) is 0.809. The van der Waals surface area contributed by atoms with Gasteiger partial charge >= 0.3 is 0 Å². The third-order valence-corrected chi connectivity index (χ3v) is 4.15. The molecule has 1 aromatic rings.